The molecule has 1 heterocycles. The Bertz CT molecular complexity index is 662. The lowest BCUT2D eigenvalue weighted by Gasteiger charge is -2.21. The Morgan fingerprint density at radius 1 is 1.08 bits per heavy atom. The first-order valence-electron chi connectivity index (χ1n) is 9.47. The molecule has 0 saturated heterocycles. The van der Waals surface area contributed by atoms with E-state index in [1.54, 1.807) is 12.1 Å². The van der Waals surface area contributed by atoms with E-state index in [2.05, 4.69) is 5.32 Å². The van der Waals surface area contributed by atoms with Crippen molar-refractivity contribution in [2.75, 3.05) is 13.2 Å². The van der Waals surface area contributed by atoms with Gasteiger partial charge in [0.2, 0.25) is 0 Å². The zero-order valence-electron chi connectivity index (χ0n) is 15.1. The third-order valence-corrected chi connectivity index (χ3v) is 4.52. The van der Waals surface area contributed by atoms with Gasteiger partial charge in [-0.15, -0.1) is 0 Å². The summed E-state index contributed by atoms with van der Waals surface area (Å²) in [5.74, 6) is 1.51. The third-order valence-electron chi connectivity index (χ3n) is 4.52. The monoisotopic (exact) mass is 357 g/mol. The van der Waals surface area contributed by atoms with Crippen LogP contribution in [0.25, 0.3) is 0 Å². The van der Waals surface area contributed by atoms with Crippen LogP contribution in [0.3, 0.4) is 0 Å². The van der Waals surface area contributed by atoms with E-state index in [0.29, 0.717) is 37.4 Å². The standard InChI is InChI=1S/C21H27NO4/c23-21(22-14-7-15-24-17-8-3-1-4-9-17)20-13-12-19(26-20)16-25-18-10-5-2-6-11-18/h2,5-6,10-13,17H,1,3-4,7-9,14-16H2,(H,22,23). The molecular weight excluding hydrogens is 330 g/mol. The van der Waals surface area contributed by atoms with Crippen molar-refractivity contribution < 1.29 is 18.7 Å². The lowest BCUT2D eigenvalue weighted by molar-refractivity contribution is 0.0273. The highest BCUT2D eigenvalue weighted by Gasteiger charge is 2.14. The molecule has 0 bridgehead atoms. The number of ether oxygens (including phenoxy) is 2. The number of rotatable bonds is 9. The molecule has 140 valence electrons. The summed E-state index contributed by atoms with van der Waals surface area (Å²) in [6.07, 6.45) is 7.45. The Kier molecular flexibility index (Phi) is 7.14. The molecule has 1 aliphatic rings. The molecule has 5 heteroatoms. The first-order chi connectivity index (χ1) is 12.8. The van der Waals surface area contributed by atoms with E-state index in [1.807, 2.05) is 30.3 Å². The fourth-order valence-electron chi connectivity index (χ4n) is 3.09. The smallest absolute Gasteiger partial charge is 0.286 e. The van der Waals surface area contributed by atoms with Gasteiger partial charge in [0.25, 0.3) is 5.91 Å². The Morgan fingerprint density at radius 3 is 2.69 bits per heavy atom. The number of hydrogen-bond donors (Lipinski definition) is 1. The molecule has 2 aromatic rings. The van der Waals surface area contributed by atoms with Gasteiger partial charge in [0.15, 0.2) is 5.76 Å². The predicted molar refractivity (Wildman–Crippen MR) is 99.3 cm³/mol. The van der Waals surface area contributed by atoms with Gasteiger partial charge in [-0.25, -0.2) is 0 Å². The van der Waals surface area contributed by atoms with Crippen LogP contribution in [0.15, 0.2) is 46.9 Å². The summed E-state index contributed by atoms with van der Waals surface area (Å²) in [4.78, 5) is 12.1. The van der Waals surface area contributed by atoms with E-state index in [-0.39, 0.29) is 5.91 Å². The van der Waals surface area contributed by atoms with E-state index in [1.165, 1.54) is 32.1 Å². The second-order valence-electron chi connectivity index (χ2n) is 6.61. The van der Waals surface area contributed by atoms with Crippen LogP contribution in [0, 0.1) is 0 Å². The number of benzene rings is 1. The highest BCUT2D eigenvalue weighted by Crippen LogP contribution is 2.20. The topological polar surface area (TPSA) is 60.7 Å². The molecule has 1 aromatic carbocycles. The van der Waals surface area contributed by atoms with Crippen molar-refractivity contribution in [3.63, 3.8) is 0 Å². The van der Waals surface area contributed by atoms with Gasteiger partial charge in [-0.3, -0.25) is 4.79 Å². The fraction of sp³-hybridized carbons (Fsp3) is 0.476. The van der Waals surface area contributed by atoms with Crippen molar-refractivity contribution in [2.45, 2.75) is 51.2 Å². The Balaban J connectivity index is 1.32. The molecule has 0 spiro atoms. The minimum Gasteiger partial charge on any atom is -0.486 e. The van der Waals surface area contributed by atoms with Crippen LogP contribution in [0.4, 0.5) is 0 Å². The summed E-state index contributed by atoms with van der Waals surface area (Å²) >= 11 is 0. The molecule has 1 saturated carbocycles. The van der Waals surface area contributed by atoms with E-state index < -0.39 is 0 Å². The lowest BCUT2D eigenvalue weighted by atomic mass is 9.98. The summed E-state index contributed by atoms with van der Waals surface area (Å²) in [7, 11) is 0. The number of para-hydroxylation sites is 1. The average Bonchev–Trinajstić information content (AvgIpc) is 3.17. The normalized spacial score (nSPS) is 14.9. The second-order valence-corrected chi connectivity index (χ2v) is 6.61. The predicted octanol–water partition coefficient (Wildman–Crippen LogP) is 4.33. The third kappa shape index (κ3) is 5.92. The minimum absolute atomic E-state index is 0.200. The Hall–Kier alpha value is -2.27. The number of hydrogen-bond acceptors (Lipinski definition) is 4. The Morgan fingerprint density at radius 2 is 1.88 bits per heavy atom. The molecular formula is C21H27NO4. The van der Waals surface area contributed by atoms with Gasteiger partial charge in [-0.05, 0) is 43.5 Å². The van der Waals surface area contributed by atoms with E-state index in [4.69, 9.17) is 13.9 Å². The first kappa shape index (κ1) is 18.5. The van der Waals surface area contributed by atoms with Crippen LogP contribution in [-0.4, -0.2) is 25.2 Å². The zero-order valence-corrected chi connectivity index (χ0v) is 15.1. The molecule has 1 amide bonds. The summed E-state index contributed by atoms with van der Waals surface area (Å²) in [5, 5.41) is 2.87. The highest BCUT2D eigenvalue weighted by molar-refractivity contribution is 5.91. The van der Waals surface area contributed by atoms with E-state index in [9.17, 15) is 4.79 Å². The maximum Gasteiger partial charge on any atom is 0.286 e. The molecule has 5 nitrogen and oxygen atoms in total. The van der Waals surface area contributed by atoms with Crippen molar-refractivity contribution in [3.8, 4) is 5.75 Å². The summed E-state index contributed by atoms with van der Waals surface area (Å²) in [6.45, 7) is 1.58. The van der Waals surface area contributed by atoms with Gasteiger partial charge in [-0.1, -0.05) is 37.5 Å². The van der Waals surface area contributed by atoms with Crippen LogP contribution in [0.5, 0.6) is 5.75 Å². The molecule has 0 atom stereocenters. The minimum atomic E-state index is -0.200. The zero-order chi connectivity index (χ0) is 18.0. The van der Waals surface area contributed by atoms with Gasteiger partial charge in [-0.2, -0.15) is 0 Å². The number of carbonyl (C=O) groups excluding carboxylic acids is 1. The van der Waals surface area contributed by atoms with E-state index in [0.717, 1.165) is 12.2 Å². The maximum atomic E-state index is 12.1. The molecule has 0 unspecified atom stereocenters. The Labute approximate surface area is 154 Å². The maximum absolute atomic E-state index is 12.1. The van der Waals surface area contributed by atoms with Gasteiger partial charge in [0.1, 0.15) is 18.1 Å². The van der Waals surface area contributed by atoms with Gasteiger partial charge in [0, 0.05) is 13.2 Å². The van der Waals surface area contributed by atoms with Crippen LogP contribution in [0.1, 0.15) is 54.8 Å². The quantitative estimate of drug-likeness (QED) is 0.679. The lowest BCUT2D eigenvalue weighted by Crippen LogP contribution is -2.26. The molecule has 1 N–H and O–H groups in total. The average molecular weight is 357 g/mol. The molecule has 26 heavy (non-hydrogen) atoms. The van der Waals surface area contributed by atoms with Crippen LogP contribution in [-0.2, 0) is 11.3 Å². The fourth-order valence-corrected chi connectivity index (χ4v) is 3.09. The number of amides is 1. The summed E-state index contributed by atoms with van der Waals surface area (Å²) in [5.41, 5.74) is 0. The van der Waals surface area contributed by atoms with Gasteiger partial charge in [0.05, 0.1) is 6.10 Å². The van der Waals surface area contributed by atoms with Crippen molar-refractivity contribution in [1.82, 2.24) is 5.32 Å². The number of carbonyl (C=O) groups is 1. The van der Waals surface area contributed by atoms with Crippen LogP contribution in [0.2, 0.25) is 0 Å². The first-order valence-corrected chi connectivity index (χ1v) is 9.47. The van der Waals surface area contributed by atoms with E-state index >= 15 is 0 Å². The number of furan rings is 1. The molecule has 1 fully saturated rings. The molecule has 0 aliphatic heterocycles. The van der Waals surface area contributed by atoms with Crippen molar-refractivity contribution in [1.29, 1.82) is 0 Å². The molecule has 1 aliphatic carbocycles. The van der Waals surface area contributed by atoms with Gasteiger partial charge < -0.3 is 19.2 Å². The summed E-state index contributed by atoms with van der Waals surface area (Å²) < 4.78 is 17.0. The largest absolute Gasteiger partial charge is 0.486 e. The molecule has 1 aromatic heterocycles. The van der Waals surface area contributed by atoms with Crippen molar-refractivity contribution in [3.05, 3.63) is 54.0 Å². The van der Waals surface area contributed by atoms with Crippen LogP contribution >= 0.6 is 0 Å². The highest BCUT2D eigenvalue weighted by atomic mass is 16.5. The molecule has 3 rings (SSSR count). The molecule has 0 radical (unpaired) electrons. The second kappa shape index (κ2) is 10.0. The van der Waals surface area contributed by atoms with Crippen molar-refractivity contribution >= 4 is 5.91 Å². The summed E-state index contributed by atoms with van der Waals surface area (Å²) in [6, 6.07) is 13.0. The SMILES string of the molecule is O=C(NCCCOC1CCCCC1)c1ccc(COc2ccccc2)o1. The van der Waals surface area contributed by atoms with Crippen molar-refractivity contribution in [2.24, 2.45) is 0 Å². The number of nitrogens with one attached hydrogen (secondary N) is 1. The van der Waals surface area contributed by atoms with Gasteiger partial charge >= 0.3 is 0 Å². The van der Waals surface area contributed by atoms with Crippen LogP contribution < -0.4 is 10.1 Å².